The van der Waals surface area contributed by atoms with Crippen LogP contribution in [0.5, 0.6) is 11.5 Å². The zero-order valence-electron chi connectivity index (χ0n) is 65.2. The van der Waals surface area contributed by atoms with Gasteiger partial charge in [0.05, 0.1) is 35.1 Å². The van der Waals surface area contributed by atoms with Crippen LogP contribution < -0.4 is 9.47 Å². The normalized spacial score (nSPS) is 13.9. The molecule has 0 saturated carbocycles. The summed E-state index contributed by atoms with van der Waals surface area (Å²) >= 11 is 6.51. The van der Waals surface area contributed by atoms with Gasteiger partial charge in [-0.1, -0.05) is 207 Å². The third kappa shape index (κ3) is 29.0. The number of carbonyl (C=O) groups excluding carboxylic acids is 4. The first-order valence-electron chi connectivity index (χ1n) is 38.8. The number of unbranched alkanes of at least 4 members (excludes halogenated alkanes) is 24. The molecule has 14 atom stereocenters. The van der Waals surface area contributed by atoms with E-state index in [1.165, 1.54) is 128 Å². The Morgan fingerprint density at radius 3 is 0.981 bits per heavy atom. The number of nitrogens with zero attached hydrogens (tertiary/aromatic N) is 2. The molecular weight excluding hydrogens is 1820 g/mol. The van der Waals surface area contributed by atoms with Crippen molar-refractivity contribution in [1.29, 1.82) is 0 Å². The minimum atomic E-state index is -0.333. The Morgan fingerprint density at radius 1 is 0.333 bits per heavy atom. The Hall–Kier alpha value is 4.84. The number of aryl methyl sites for hydroxylation is 2. The summed E-state index contributed by atoms with van der Waals surface area (Å²) in [5, 5.41) is 0.906. The minimum absolute atomic E-state index is 0.00720. The molecule has 6 aromatic rings. The molecule has 4 aromatic heterocycles. The summed E-state index contributed by atoms with van der Waals surface area (Å²) in [5.41, 5.74) is 2.97. The van der Waals surface area contributed by atoms with Crippen LogP contribution in [0.25, 0.3) is 51.2 Å². The van der Waals surface area contributed by atoms with Crippen molar-refractivity contribution in [2.24, 2.45) is 11.8 Å². The van der Waals surface area contributed by atoms with E-state index in [-0.39, 0.29) is 105 Å². The van der Waals surface area contributed by atoms with Gasteiger partial charge in [0, 0.05) is 81.4 Å². The molecule has 0 spiro atoms. The van der Waals surface area contributed by atoms with Crippen LogP contribution in [0, 0.1) is 25.7 Å². The SMILES string of the molecule is CCCCCCCCCCC(CCCCCCCC)CN1C(=O)c2cc(-c3ccc(-c4cc(OC)c(-c5sc(C)cc5OC)s4)s3)c3c4c(cc(-c5ccc(C)s5)c(c24)C1=O)C(=O)N(CC(CCCCCCCC)CCCCCCCCCC)C3=O.PP(P)P(P(P)P)P(P(P(P)P)P(P)P)P(P(P)P)P(P)P. The van der Waals surface area contributed by atoms with Crippen LogP contribution in [0.3, 0.4) is 0 Å². The second kappa shape index (κ2) is 53.1. The molecule has 0 radical (unpaired) electrons. The highest BCUT2D eigenvalue weighted by Gasteiger charge is 2.47. The number of ether oxygens (including phenoxy) is 2. The van der Waals surface area contributed by atoms with E-state index < -0.39 is 0 Å². The molecule has 34 heteroatoms. The predicted molar refractivity (Wildman–Crippen MR) is 554 cm³/mol. The molecule has 0 bridgehead atoms. The maximum Gasteiger partial charge on any atom is 0.262 e. The van der Waals surface area contributed by atoms with Gasteiger partial charge in [-0.3, -0.25) is 29.0 Å². The van der Waals surface area contributed by atoms with Crippen molar-refractivity contribution in [1.82, 2.24) is 9.80 Å². The van der Waals surface area contributed by atoms with Crippen LogP contribution in [0.1, 0.15) is 284 Å². The summed E-state index contributed by atoms with van der Waals surface area (Å²) in [6.45, 7) is 14.4. The van der Waals surface area contributed by atoms with Crippen molar-refractivity contribution in [3.05, 3.63) is 80.5 Å². The first-order valence-corrected chi connectivity index (χ1v) is 81.2. The average Bonchev–Trinajstić information content (AvgIpc) is 0.794. The molecule has 2 aliphatic rings. The molecular formula is C74H126N2O6P22S4. The third-order valence-corrected chi connectivity index (χ3v) is 162. The molecule has 2 aliphatic heterocycles. The minimum Gasteiger partial charge on any atom is -0.495 e. The second-order valence-corrected chi connectivity index (χ2v) is 120. The molecule has 8 rings (SSSR count). The molecule has 0 saturated heterocycles. The van der Waals surface area contributed by atoms with E-state index in [9.17, 15) is 0 Å². The number of imide groups is 2. The number of amides is 4. The van der Waals surface area contributed by atoms with E-state index in [0.29, 0.717) is 57.2 Å². The van der Waals surface area contributed by atoms with Crippen LogP contribution in [-0.4, -0.2) is 60.7 Å². The first kappa shape index (κ1) is 99.9. The zero-order chi connectivity index (χ0) is 78.7. The Bertz CT molecular complexity index is 3710. The highest BCUT2D eigenvalue weighted by Crippen LogP contribution is 3.32. The fourth-order valence-corrected chi connectivity index (χ4v) is 291. The number of hydrogen-bond donors (Lipinski definition) is 0. The number of thiophene rings is 4. The Kier molecular flexibility index (Phi) is 49.1. The van der Waals surface area contributed by atoms with Gasteiger partial charge < -0.3 is 9.47 Å². The van der Waals surface area contributed by atoms with E-state index >= 15 is 19.2 Å². The van der Waals surface area contributed by atoms with Gasteiger partial charge in [0.15, 0.2) is 0 Å². The third-order valence-electron chi connectivity index (χ3n) is 20.0. The highest BCUT2D eigenvalue weighted by atomic mass is 33.4. The van der Waals surface area contributed by atoms with Gasteiger partial charge in [-0.2, -0.15) is 0 Å². The molecule has 14 unspecified atom stereocenters. The quantitative estimate of drug-likeness (QED) is 0.0215. The first-order chi connectivity index (χ1) is 51.9. The molecule has 2 aromatic carbocycles. The summed E-state index contributed by atoms with van der Waals surface area (Å²) < 4.78 is 11.9. The van der Waals surface area contributed by atoms with Crippen molar-refractivity contribution < 1.29 is 28.7 Å². The second-order valence-electron chi connectivity index (χ2n) is 28.4. The van der Waals surface area contributed by atoms with E-state index in [4.69, 9.17) is 9.47 Å². The van der Waals surface area contributed by atoms with Gasteiger partial charge in [-0.05, 0) is 164 Å². The van der Waals surface area contributed by atoms with E-state index in [0.717, 1.165) is 128 Å². The summed E-state index contributed by atoms with van der Waals surface area (Å²) in [6.07, 6.45) is 37.7. The Balaban J connectivity index is 0.000000637. The maximum atomic E-state index is 16.0. The number of carbonyl (C=O) groups is 4. The lowest BCUT2D eigenvalue weighted by molar-refractivity contribution is 0.0557. The fraction of sp³-hybridized carbons (Fsp3) is 0.595. The van der Waals surface area contributed by atoms with Crippen LogP contribution in [0.4, 0.5) is 0 Å². The molecule has 0 N–H and O–H groups in total. The summed E-state index contributed by atoms with van der Waals surface area (Å²) in [6, 6.07) is 16.3. The van der Waals surface area contributed by atoms with Gasteiger partial charge in [0.25, 0.3) is 23.6 Å². The zero-order valence-corrected chi connectivity index (χ0v) is 91.3. The van der Waals surface area contributed by atoms with Gasteiger partial charge in [0.2, 0.25) is 0 Å². The van der Waals surface area contributed by atoms with Gasteiger partial charge in [-0.15, -0.1) is 152 Å². The van der Waals surface area contributed by atoms with Crippen molar-refractivity contribution in [3.8, 4) is 51.9 Å². The van der Waals surface area contributed by atoms with Crippen LogP contribution in [-0.2, 0) is 0 Å². The molecule has 0 aliphatic carbocycles. The average molecular weight is 1950 g/mol. The van der Waals surface area contributed by atoms with Gasteiger partial charge >= 0.3 is 0 Å². The standard InChI is InChI=1S/C74H102N2O6S4.H24P22/c1-9-13-17-21-25-27-31-35-39-53(37-33-29-23-19-15-11-3)49-75-72(78)58-47-56(62-43-44-63(85-62)64-48-60(82-8)70(86-64)69-59(81-7)45-52(6)84-69)68-66-57(46-55(61-42-41-51(5)83-61)67(65(58)66)73(75)79)71(77)76(74(68)80)50-54(38-34-30-24-20-16-12-4)40-36-32-28-26-22-18-14-10-2;1-13(2)19(14(3)4)22(20(15(5)6)16(7)8)21(17(9)10)18(11)12/h41-48,53-54H,9-40,49-50H2,1-8H3;1-12H2. The van der Waals surface area contributed by atoms with Crippen molar-refractivity contribution >= 4 is 257 Å². The summed E-state index contributed by atoms with van der Waals surface area (Å²) in [5.74, 6) is 0.578. The number of hydrogen-bond acceptors (Lipinski definition) is 10. The lowest BCUT2D eigenvalue weighted by atomic mass is 9.80. The van der Waals surface area contributed by atoms with Crippen molar-refractivity contribution in [2.75, 3.05) is 27.3 Å². The molecule has 8 nitrogen and oxygen atoms in total. The summed E-state index contributed by atoms with van der Waals surface area (Å²) in [4.78, 5) is 74.6. The highest BCUT2D eigenvalue weighted by molar-refractivity contribution is 9.38. The molecule has 602 valence electrons. The van der Waals surface area contributed by atoms with E-state index in [1.807, 2.05) is 12.1 Å². The number of methoxy groups -OCH3 is 2. The number of rotatable bonds is 51. The Morgan fingerprint density at radius 2 is 0.648 bits per heavy atom. The monoisotopic (exact) mass is 1950 g/mol. The van der Waals surface area contributed by atoms with Gasteiger partial charge in [0.1, 0.15) is 11.5 Å². The smallest absolute Gasteiger partial charge is 0.262 e. The maximum absolute atomic E-state index is 16.0. The molecule has 6 heterocycles. The van der Waals surface area contributed by atoms with E-state index in [1.54, 1.807) is 69.4 Å². The molecule has 0 fully saturated rings. The summed E-state index contributed by atoms with van der Waals surface area (Å²) in [7, 11) is 41.6. The number of benzene rings is 2. The van der Waals surface area contributed by atoms with Gasteiger partial charge in [-0.25, -0.2) is 0 Å². The van der Waals surface area contributed by atoms with Crippen LogP contribution in [0.15, 0.2) is 48.5 Å². The fourth-order valence-electron chi connectivity index (χ4n) is 14.5. The van der Waals surface area contributed by atoms with Crippen molar-refractivity contribution in [2.45, 2.75) is 247 Å². The van der Waals surface area contributed by atoms with Crippen LogP contribution in [0.2, 0.25) is 0 Å². The lowest BCUT2D eigenvalue weighted by Crippen LogP contribution is -2.46. The lowest BCUT2D eigenvalue weighted by Gasteiger charge is -2.47. The van der Waals surface area contributed by atoms with Crippen molar-refractivity contribution in [3.63, 3.8) is 0 Å². The Labute approximate surface area is 707 Å². The topological polar surface area (TPSA) is 93.2 Å². The predicted octanol–water partition coefficient (Wildman–Crippen LogP) is 35.9. The molecule has 108 heavy (non-hydrogen) atoms. The largest absolute Gasteiger partial charge is 0.495 e. The van der Waals surface area contributed by atoms with Crippen LogP contribution >= 0.6 is 222 Å². The van der Waals surface area contributed by atoms with E-state index in [2.05, 4.69) is 185 Å². The molecule has 4 amide bonds.